The van der Waals surface area contributed by atoms with Crippen LogP contribution in [0.5, 0.6) is 5.75 Å². The lowest BCUT2D eigenvalue weighted by Crippen LogP contribution is -2.53. The highest BCUT2D eigenvalue weighted by atomic mass is 16.6. The zero-order valence-electron chi connectivity index (χ0n) is 15.7. The fourth-order valence-corrected chi connectivity index (χ4v) is 3.47. The minimum Gasteiger partial charge on any atom is -0.482 e. The van der Waals surface area contributed by atoms with Crippen LogP contribution in [0.4, 0.5) is 4.79 Å². The maximum absolute atomic E-state index is 12.6. The summed E-state index contributed by atoms with van der Waals surface area (Å²) in [5, 5.41) is 4.37. The zero-order valence-corrected chi connectivity index (χ0v) is 15.7. The number of hydrogen-bond acceptors (Lipinski definition) is 5. The van der Waals surface area contributed by atoms with E-state index < -0.39 is 11.2 Å². The van der Waals surface area contributed by atoms with Gasteiger partial charge in [0.15, 0.2) is 17.2 Å². The third-order valence-electron chi connectivity index (χ3n) is 4.84. The van der Waals surface area contributed by atoms with Gasteiger partial charge in [-0.15, -0.1) is 0 Å². The van der Waals surface area contributed by atoms with Gasteiger partial charge in [0.2, 0.25) is 0 Å². The van der Waals surface area contributed by atoms with Gasteiger partial charge in [0, 0.05) is 32.5 Å². The molecule has 0 atom stereocenters. The topological polar surface area (TPSA) is 73.7 Å². The van der Waals surface area contributed by atoms with E-state index in [0.29, 0.717) is 50.3 Å². The van der Waals surface area contributed by atoms with Crippen molar-refractivity contribution in [3.8, 4) is 5.75 Å². The maximum atomic E-state index is 12.6. The first kappa shape index (κ1) is 17.8. The number of ketones is 1. The van der Waals surface area contributed by atoms with Gasteiger partial charge in [0.25, 0.3) is 0 Å². The van der Waals surface area contributed by atoms with Crippen LogP contribution in [0.15, 0.2) is 0 Å². The van der Waals surface area contributed by atoms with Crippen LogP contribution in [-0.4, -0.2) is 50.8 Å². The minimum absolute atomic E-state index is 0.0299. The van der Waals surface area contributed by atoms with Gasteiger partial charge in [-0.2, -0.15) is 5.10 Å². The molecule has 0 radical (unpaired) electrons. The Kier molecular flexibility index (Phi) is 4.29. The van der Waals surface area contributed by atoms with Gasteiger partial charge >= 0.3 is 6.09 Å². The minimum atomic E-state index is -0.533. The summed E-state index contributed by atoms with van der Waals surface area (Å²) < 4.78 is 13.5. The number of carbonyl (C=O) groups excluding carboxylic acids is 2. The molecule has 0 aromatic carbocycles. The van der Waals surface area contributed by atoms with E-state index in [4.69, 9.17) is 9.47 Å². The Morgan fingerprint density at radius 1 is 1.32 bits per heavy atom. The fourth-order valence-electron chi connectivity index (χ4n) is 3.47. The van der Waals surface area contributed by atoms with Crippen LogP contribution in [-0.2, 0) is 11.3 Å². The Morgan fingerprint density at radius 3 is 2.52 bits per heavy atom. The summed E-state index contributed by atoms with van der Waals surface area (Å²) in [6.45, 7) is 11.2. The highest BCUT2D eigenvalue weighted by Gasteiger charge is 2.46. The summed E-state index contributed by atoms with van der Waals surface area (Å²) in [6, 6.07) is 0. The van der Waals surface area contributed by atoms with Crippen LogP contribution in [0.2, 0.25) is 0 Å². The number of rotatable bonds is 1. The molecule has 7 nitrogen and oxygen atoms in total. The van der Waals surface area contributed by atoms with E-state index >= 15 is 0 Å². The molecular weight excluding hydrogens is 322 g/mol. The van der Waals surface area contributed by atoms with Crippen molar-refractivity contribution in [2.45, 2.75) is 71.6 Å². The normalized spacial score (nSPS) is 19.6. The Hall–Kier alpha value is -2.05. The summed E-state index contributed by atoms with van der Waals surface area (Å²) in [5.41, 5.74) is 0.290. The first-order valence-corrected chi connectivity index (χ1v) is 8.92. The number of likely N-dealkylation sites (tertiary alicyclic amines) is 1. The quantitative estimate of drug-likeness (QED) is 0.779. The molecule has 2 aliphatic heterocycles. The van der Waals surface area contributed by atoms with Crippen LogP contribution in [0.1, 0.15) is 63.1 Å². The number of piperidine rings is 1. The summed E-state index contributed by atoms with van der Waals surface area (Å²) in [5.74, 6) is 0.645. The van der Waals surface area contributed by atoms with E-state index in [2.05, 4.69) is 5.10 Å². The van der Waals surface area contributed by atoms with Gasteiger partial charge in [0.1, 0.15) is 11.2 Å². The standard InChI is InChI=1S/C18H27N3O4/c1-6-21-12(2)15-14(19-21)13(22)11-18(24-15)7-9-20(10-8-18)16(23)25-17(3,4)5/h6-11H2,1-5H3. The number of nitrogens with zero attached hydrogens (tertiary/aromatic N) is 3. The van der Waals surface area contributed by atoms with Gasteiger partial charge in [-0.05, 0) is 34.6 Å². The number of Topliss-reactive ketones (excluding diaryl/α,β-unsaturated/α-hetero) is 1. The Labute approximate surface area is 148 Å². The summed E-state index contributed by atoms with van der Waals surface area (Å²) in [4.78, 5) is 26.5. The molecule has 1 aromatic heterocycles. The number of ether oxygens (including phenoxy) is 2. The van der Waals surface area contributed by atoms with Gasteiger partial charge < -0.3 is 14.4 Å². The SMILES string of the molecule is CCn1nc2c(c1C)OC1(CCN(C(=O)OC(C)(C)C)CC1)CC2=O. The molecular formula is C18H27N3O4. The van der Waals surface area contributed by atoms with Crippen molar-refractivity contribution >= 4 is 11.9 Å². The van der Waals surface area contributed by atoms with E-state index in [1.807, 2.05) is 34.6 Å². The summed E-state index contributed by atoms with van der Waals surface area (Å²) in [7, 11) is 0. The molecule has 1 aromatic rings. The van der Waals surface area contributed by atoms with Crippen LogP contribution < -0.4 is 4.74 Å². The second kappa shape index (κ2) is 6.04. The van der Waals surface area contributed by atoms with Crippen molar-refractivity contribution in [2.24, 2.45) is 0 Å². The molecule has 2 aliphatic rings. The lowest BCUT2D eigenvalue weighted by molar-refractivity contribution is -0.0230. The number of carbonyl (C=O) groups is 2. The third-order valence-corrected chi connectivity index (χ3v) is 4.84. The van der Waals surface area contributed by atoms with Crippen LogP contribution in [0, 0.1) is 6.92 Å². The first-order chi connectivity index (χ1) is 11.6. The Bertz CT molecular complexity index is 694. The molecule has 3 heterocycles. The molecule has 1 saturated heterocycles. The Balaban J connectivity index is 1.72. The predicted octanol–water partition coefficient (Wildman–Crippen LogP) is 2.95. The molecule has 1 amide bonds. The molecule has 7 heteroatoms. The van der Waals surface area contributed by atoms with Crippen molar-refractivity contribution in [2.75, 3.05) is 13.1 Å². The van der Waals surface area contributed by atoms with E-state index in [9.17, 15) is 9.59 Å². The van der Waals surface area contributed by atoms with Crippen molar-refractivity contribution < 1.29 is 19.1 Å². The van der Waals surface area contributed by atoms with Gasteiger partial charge in [-0.1, -0.05) is 0 Å². The zero-order chi connectivity index (χ0) is 18.4. The van der Waals surface area contributed by atoms with Gasteiger partial charge in [-0.3, -0.25) is 9.48 Å². The summed E-state index contributed by atoms with van der Waals surface area (Å²) >= 11 is 0. The lowest BCUT2D eigenvalue weighted by Gasteiger charge is -2.43. The molecule has 0 saturated carbocycles. The maximum Gasteiger partial charge on any atom is 0.410 e. The average molecular weight is 349 g/mol. The van der Waals surface area contributed by atoms with Crippen molar-refractivity contribution in [3.05, 3.63) is 11.4 Å². The number of hydrogen-bond donors (Lipinski definition) is 0. The number of amides is 1. The van der Waals surface area contributed by atoms with E-state index in [1.54, 1.807) is 9.58 Å². The number of fused-ring (bicyclic) bond motifs is 1. The molecule has 0 aliphatic carbocycles. The van der Waals surface area contributed by atoms with Gasteiger partial charge in [-0.25, -0.2) is 4.79 Å². The highest BCUT2D eigenvalue weighted by molar-refractivity contribution is 5.98. The lowest BCUT2D eigenvalue weighted by atomic mass is 9.83. The third kappa shape index (κ3) is 3.37. The van der Waals surface area contributed by atoms with Crippen LogP contribution >= 0.6 is 0 Å². The van der Waals surface area contributed by atoms with Crippen molar-refractivity contribution in [3.63, 3.8) is 0 Å². The molecule has 0 bridgehead atoms. The molecule has 25 heavy (non-hydrogen) atoms. The average Bonchev–Trinajstić information content (AvgIpc) is 2.83. The summed E-state index contributed by atoms with van der Waals surface area (Å²) in [6.07, 6.45) is 1.25. The Morgan fingerprint density at radius 2 is 1.96 bits per heavy atom. The smallest absolute Gasteiger partial charge is 0.410 e. The molecule has 0 unspecified atom stereocenters. The van der Waals surface area contributed by atoms with Crippen molar-refractivity contribution in [1.82, 2.24) is 14.7 Å². The first-order valence-electron chi connectivity index (χ1n) is 8.92. The second-order valence-electron chi connectivity index (χ2n) is 7.93. The van der Waals surface area contributed by atoms with E-state index in [-0.39, 0.29) is 11.9 Å². The molecule has 1 spiro atoms. The molecule has 3 rings (SSSR count). The van der Waals surface area contributed by atoms with Gasteiger partial charge in [0.05, 0.1) is 12.1 Å². The second-order valence-corrected chi connectivity index (χ2v) is 7.93. The van der Waals surface area contributed by atoms with E-state index in [1.165, 1.54) is 0 Å². The monoisotopic (exact) mass is 349 g/mol. The molecule has 0 N–H and O–H groups in total. The van der Waals surface area contributed by atoms with Crippen molar-refractivity contribution in [1.29, 1.82) is 0 Å². The van der Waals surface area contributed by atoms with Crippen LogP contribution in [0.25, 0.3) is 0 Å². The molecule has 1 fully saturated rings. The highest BCUT2D eigenvalue weighted by Crippen LogP contribution is 2.40. The number of aryl methyl sites for hydroxylation is 1. The molecule has 138 valence electrons. The fraction of sp³-hybridized carbons (Fsp3) is 0.722. The van der Waals surface area contributed by atoms with Crippen LogP contribution in [0.3, 0.4) is 0 Å². The van der Waals surface area contributed by atoms with E-state index in [0.717, 1.165) is 5.69 Å². The largest absolute Gasteiger partial charge is 0.482 e. The number of aromatic nitrogens is 2. The predicted molar refractivity (Wildman–Crippen MR) is 92.0 cm³/mol.